The van der Waals surface area contributed by atoms with Crippen LogP contribution in [0.5, 0.6) is 5.75 Å². The number of aliphatic hydroxyl groups is 1. The Labute approximate surface area is 101 Å². The van der Waals surface area contributed by atoms with Crippen LogP contribution in [0.3, 0.4) is 0 Å². The normalized spacial score (nSPS) is 12.6. The predicted octanol–water partition coefficient (Wildman–Crippen LogP) is 0.0408. The smallest absolute Gasteiger partial charge is 0.493 e. The molecule has 1 aromatic heterocycles. The van der Waals surface area contributed by atoms with E-state index >= 15 is 0 Å². The summed E-state index contributed by atoms with van der Waals surface area (Å²) < 4.78 is 5.40. The number of hydrogen-bond donors (Lipinski definition) is 3. The molecule has 0 aliphatic rings. The summed E-state index contributed by atoms with van der Waals surface area (Å²) >= 11 is 0. The number of aromatic nitrogens is 1. The molecule has 17 heavy (non-hydrogen) atoms. The van der Waals surface area contributed by atoms with Crippen LogP contribution in [0.15, 0.2) is 18.5 Å². The summed E-state index contributed by atoms with van der Waals surface area (Å²) in [7, 11) is -1.25. The molecule has 0 fully saturated rings. The van der Waals surface area contributed by atoms with Gasteiger partial charge in [0, 0.05) is 11.7 Å². The Balaban J connectivity index is 2.83. The van der Waals surface area contributed by atoms with Gasteiger partial charge in [0.2, 0.25) is 0 Å². The number of rotatable bonds is 4. The monoisotopic (exact) mass is 239 g/mol. The third-order valence-corrected chi connectivity index (χ3v) is 2.91. The minimum Gasteiger partial charge on any atom is -0.506 e. The Morgan fingerprint density at radius 1 is 1.24 bits per heavy atom. The van der Waals surface area contributed by atoms with Crippen molar-refractivity contribution in [2.75, 3.05) is 0 Å². The zero-order chi connectivity index (χ0) is 13.3. The Morgan fingerprint density at radius 3 is 2.29 bits per heavy atom. The van der Waals surface area contributed by atoms with Crippen LogP contribution in [-0.4, -0.2) is 38.5 Å². The maximum atomic E-state index is 9.89. The zero-order valence-corrected chi connectivity index (χ0v) is 10.5. The first kappa shape index (κ1) is 14.0. The van der Waals surface area contributed by atoms with E-state index in [2.05, 4.69) is 4.98 Å². The molecule has 94 valence electrons. The molecule has 0 amide bonds. The number of pyridine rings is 1. The zero-order valence-electron chi connectivity index (χ0n) is 10.5. The molecule has 3 N–H and O–H groups in total. The SMILES string of the molecule is CC(C)(O)C(C)(C)OB(O)c1cncc(O)c1. The molecule has 5 nitrogen and oxygen atoms in total. The summed E-state index contributed by atoms with van der Waals surface area (Å²) in [4.78, 5) is 3.74. The Bertz CT molecular complexity index is 389. The second-order valence-electron chi connectivity index (χ2n) is 5.02. The summed E-state index contributed by atoms with van der Waals surface area (Å²) in [5.41, 5.74) is -1.72. The van der Waals surface area contributed by atoms with Crippen LogP contribution in [0.1, 0.15) is 27.7 Å². The van der Waals surface area contributed by atoms with Crippen molar-refractivity contribution in [1.29, 1.82) is 0 Å². The van der Waals surface area contributed by atoms with E-state index < -0.39 is 18.3 Å². The molecule has 0 radical (unpaired) electrons. The third-order valence-electron chi connectivity index (χ3n) is 2.91. The van der Waals surface area contributed by atoms with Gasteiger partial charge in [0.25, 0.3) is 0 Å². The Kier molecular flexibility index (Phi) is 3.81. The summed E-state index contributed by atoms with van der Waals surface area (Å²) in [5, 5.41) is 29.0. The quantitative estimate of drug-likeness (QED) is 0.646. The van der Waals surface area contributed by atoms with E-state index in [4.69, 9.17) is 4.65 Å². The van der Waals surface area contributed by atoms with Crippen molar-refractivity contribution >= 4 is 12.6 Å². The lowest BCUT2D eigenvalue weighted by atomic mass is 9.77. The van der Waals surface area contributed by atoms with Crippen LogP contribution in [-0.2, 0) is 4.65 Å². The fourth-order valence-electron chi connectivity index (χ4n) is 1.07. The molecule has 0 aromatic carbocycles. The molecule has 1 rings (SSSR count). The molecule has 0 bridgehead atoms. The lowest BCUT2D eigenvalue weighted by Crippen LogP contribution is -2.53. The van der Waals surface area contributed by atoms with E-state index in [0.29, 0.717) is 5.46 Å². The number of hydrogen-bond acceptors (Lipinski definition) is 5. The summed E-state index contributed by atoms with van der Waals surface area (Å²) in [6.45, 7) is 6.54. The molecule has 1 heterocycles. The molecular weight excluding hydrogens is 221 g/mol. The summed E-state index contributed by atoms with van der Waals surface area (Å²) in [6.07, 6.45) is 2.65. The first-order valence-electron chi connectivity index (χ1n) is 5.36. The lowest BCUT2D eigenvalue weighted by Gasteiger charge is -2.38. The van der Waals surface area contributed by atoms with Crippen LogP contribution in [0.2, 0.25) is 0 Å². The van der Waals surface area contributed by atoms with Gasteiger partial charge in [-0.15, -0.1) is 0 Å². The van der Waals surface area contributed by atoms with E-state index in [-0.39, 0.29) is 5.75 Å². The fourth-order valence-corrected chi connectivity index (χ4v) is 1.07. The highest BCUT2D eigenvalue weighted by molar-refractivity contribution is 6.60. The van der Waals surface area contributed by atoms with Crippen molar-refractivity contribution in [2.45, 2.75) is 38.9 Å². The van der Waals surface area contributed by atoms with Gasteiger partial charge < -0.3 is 19.9 Å². The molecule has 6 heteroatoms. The van der Waals surface area contributed by atoms with E-state index in [1.807, 2.05) is 0 Å². The van der Waals surface area contributed by atoms with Gasteiger partial charge in [-0.25, -0.2) is 0 Å². The minimum atomic E-state index is -1.25. The highest BCUT2D eigenvalue weighted by Gasteiger charge is 2.39. The van der Waals surface area contributed by atoms with Crippen LogP contribution in [0, 0.1) is 0 Å². The van der Waals surface area contributed by atoms with Gasteiger partial charge >= 0.3 is 7.12 Å². The van der Waals surface area contributed by atoms with E-state index in [9.17, 15) is 15.2 Å². The van der Waals surface area contributed by atoms with Gasteiger partial charge in [-0.05, 0) is 33.8 Å². The maximum absolute atomic E-state index is 9.89. The molecule has 0 saturated heterocycles. The van der Waals surface area contributed by atoms with Gasteiger partial charge in [-0.1, -0.05) is 0 Å². The minimum absolute atomic E-state index is 0.0498. The molecule has 0 aliphatic heterocycles. The molecule has 0 unspecified atom stereocenters. The van der Waals surface area contributed by atoms with Crippen LogP contribution >= 0.6 is 0 Å². The lowest BCUT2D eigenvalue weighted by molar-refractivity contribution is -0.0982. The molecule has 0 spiro atoms. The van der Waals surface area contributed by atoms with Gasteiger partial charge in [0.1, 0.15) is 5.75 Å². The van der Waals surface area contributed by atoms with Crippen molar-refractivity contribution in [3.63, 3.8) is 0 Å². The summed E-state index contributed by atoms with van der Waals surface area (Å²) in [5.74, 6) is -0.0498. The van der Waals surface area contributed by atoms with E-state index in [1.54, 1.807) is 27.7 Å². The van der Waals surface area contributed by atoms with Gasteiger partial charge in [-0.3, -0.25) is 4.98 Å². The number of aromatic hydroxyl groups is 1. The van der Waals surface area contributed by atoms with E-state index in [0.717, 1.165) is 0 Å². The fraction of sp³-hybridized carbons (Fsp3) is 0.545. The van der Waals surface area contributed by atoms with E-state index in [1.165, 1.54) is 18.5 Å². The first-order chi connectivity index (χ1) is 7.63. The number of nitrogens with zero attached hydrogens (tertiary/aromatic N) is 1. The second-order valence-corrected chi connectivity index (χ2v) is 5.02. The highest BCUT2D eigenvalue weighted by atomic mass is 16.5. The molecule has 1 aromatic rings. The Hall–Kier alpha value is -1.11. The largest absolute Gasteiger partial charge is 0.506 e. The predicted molar refractivity (Wildman–Crippen MR) is 65.0 cm³/mol. The standard InChI is InChI=1S/C11H18BNO4/c1-10(2,15)11(3,4)17-12(16)8-5-9(14)7-13-6-8/h5-7,14-16H,1-4H3. The van der Waals surface area contributed by atoms with Gasteiger partial charge in [0.15, 0.2) is 0 Å². The third kappa shape index (κ3) is 3.42. The summed E-state index contributed by atoms with van der Waals surface area (Å²) in [6, 6.07) is 1.36. The van der Waals surface area contributed by atoms with Crippen molar-refractivity contribution in [1.82, 2.24) is 4.98 Å². The van der Waals surface area contributed by atoms with Crippen molar-refractivity contribution in [3.8, 4) is 5.75 Å². The molecular formula is C11H18BNO4. The average molecular weight is 239 g/mol. The van der Waals surface area contributed by atoms with Crippen LogP contribution < -0.4 is 5.46 Å². The van der Waals surface area contributed by atoms with Crippen LogP contribution in [0.25, 0.3) is 0 Å². The van der Waals surface area contributed by atoms with Crippen molar-refractivity contribution in [3.05, 3.63) is 18.5 Å². The van der Waals surface area contributed by atoms with Crippen LogP contribution in [0.4, 0.5) is 0 Å². The molecule has 0 atom stereocenters. The first-order valence-corrected chi connectivity index (χ1v) is 5.36. The van der Waals surface area contributed by atoms with Gasteiger partial charge in [0.05, 0.1) is 17.4 Å². The average Bonchev–Trinajstić information content (AvgIpc) is 2.15. The second kappa shape index (κ2) is 4.64. The van der Waals surface area contributed by atoms with Crippen molar-refractivity contribution in [2.24, 2.45) is 0 Å². The van der Waals surface area contributed by atoms with Gasteiger partial charge in [-0.2, -0.15) is 0 Å². The maximum Gasteiger partial charge on any atom is 0.493 e. The van der Waals surface area contributed by atoms with Crippen molar-refractivity contribution < 1.29 is 19.9 Å². The highest BCUT2D eigenvalue weighted by Crippen LogP contribution is 2.25. The Morgan fingerprint density at radius 2 is 1.82 bits per heavy atom. The molecule has 0 aliphatic carbocycles. The molecule has 0 saturated carbocycles. The topological polar surface area (TPSA) is 82.8 Å².